The molecule has 4 nitrogen and oxygen atoms in total. The quantitative estimate of drug-likeness (QED) is 0.847. The smallest absolute Gasteiger partial charge is 0.226 e. The van der Waals surface area contributed by atoms with E-state index in [1.54, 1.807) is 24.3 Å². The van der Waals surface area contributed by atoms with Crippen LogP contribution in [0.15, 0.2) is 46.9 Å². The molecule has 0 aliphatic carbocycles. The van der Waals surface area contributed by atoms with E-state index in [1.165, 1.54) is 0 Å². The van der Waals surface area contributed by atoms with E-state index in [9.17, 15) is 4.79 Å². The number of nitriles is 1. The molecule has 5 heteroatoms. The predicted molar refractivity (Wildman–Crippen MR) is 91.8 cm³/mol. The summed E-state index contributed by atoms with van der Waals surface area (Å²) >= 11 is 3.46. The average molecular weight is 358 g/mol. The van der Waals surface area contributed by atoms with Gasteiger partial charge in [0.05, 0.1) is 11.6 Å². The molecule has 112 valence electrons. The van der Waals surface area contributed by atoms with Crippen LogP contribution in [0.3, 0.4) is 0 Å². The minimum Gasteiger partial charge on any atom is -0.385 e. The number of hydrogen-bond donors (Lipinski definition) is 2. The van der Waals surface area contributed by atoms with Crippen LogP contribution in [0.2, 0.25) is 0 Å². The van der Waals surface area contributed by atoms with Crippen LogP contribution in [0.1, 0.15) is 17.5 Å². The lowest BCUT2D eigenvalue weighted by Gasteiger charge is -2.09. The third-order valence-corrected chi connectivity index (χ3v) is 4.03. The van der Waals surface area contributed by atoms with Gasteiger partial charge in [-0.1, -0.05) is 15.9 Å². The van der Waals surface area contributed by atoms with Gasteiger partial charge in [0.1, 0.15) is 0 Å². The number of hydrogen-bond acceptors (Lipinski definition) is 3. The largest absolute Gasteiger partial charge is 0.385 e. The van der Waals surface area contributed by atoms with Gasteiger partial charge in [-0.05, 0) is 55.0 Å². The van der Waals surface area contributed by atoms with Crippen LogP contribution in [0.4, 0.5) is 11.4 Å². The molecule has 0 saturated heterocycles. The van der Waals surface area contributed by atoms with Gasteiger partial charge in [-0.2, -0.15) is 5.26 Å². The molecule has 2 aromatic rings. The van der Waals surface area contributed by atoms with E-state index < -0.39 is 0 Å². The van der Waals surface area contributed by atoms with Gasteiger partial charge in [0.25, 0.3) is 0 Å². The Bertz CT molecular complexity index is 705. The van der Waals surface area contributed by atoms with Gasteiger partial charge in [0, 0.05) is 28.8 Å². The molecule has 0 aromatic heterocycles. The standard InChI is InChI=1S/C17H16BrN3O/c1-12-10-15(6-7-16(12)18)20-9-8-17(22)21-14-4-2-13(11-19)3-5-14/h2-7,10,20H,8-9H2,1H3,(H,21,22). The molecule has 0 fully saturated rings. The highest BCUT2D eigenvalue weighted by atomic mass is 79.9. The highest BCUT2D eigenvalue weighted by molar-refractivity contribution is 9.10. The molecule has 0 radical (unpaired) electrons. The summed E-state index contributed by atoms with van der Waals surface area (Å²) in [6.07, 6.45) is 0.370. The zero-order valence-corrected chi connectivity index (χ0v) is 13.8. The Hall–Kier alpha value is -2.32. The number of nitrogens with one attached hydrogen (secondary N) is 2. The van der Waals surface area contributed by atoms with Crippen molar-refractivity contribution in [3.8, 4) is 6.07 Å². The second-order valence-electron chi connectivity index (χ2n) is 4.88. The summed E-state index contributed by atoms with van der Waals surface area (Å²) < 4.78 is 1.07. The Kier molecular flexibility index (Phi) is 5.56. The van der Waals surface area contributed by atoms with Gasteiger partial charge in [0.2, 0.25) is 5.91 Å². The third kappa shape index (κ3) is 4.61. The van der Waals surface area contributed by atoms with Gasteiger partial charge in [-0.15, -0.1) is 0 Å². The van der Waals surface area contributed by atoms with Gasteiger partial charge in [-0.25, -0.2) is 0 Å². The first-order valence-electron chi connectivity index (χ1n) is 6.88. The lowest BCUT2D eigenvalue weighted by molar-refractivity contribution is -0.115. The molecular formula is C17H16BrN3O. The fraction of sp³-hybridized carbons (Fsp3) is 0.176. The number of aryl methyl sites for hydroxylation is 1. The first-order chi connectivity index (χ1) is 10.6. The van der Waals surface area contributed by atoms with E-state index in [0.29, 0.717) is 24.2 Å². The van der Waals surface area contributed by atoms with Gasteiger partial charge < -0.3 is 10.6 Å². The fourth-order valence-electron chi connectivity index (χ4n) is 1.93. The van der Waals surface area contributed by atoms with Crippen LogP contribution in [0, 0.1) is 18.3 Å². The zero-order valence-electron chi connectivity index (χ0n) is 12.2. The molecule has 2 aromatic carbocycles. The Morgan fingerprint density at radius 3 is 2.50 bits per heavy atom. The van der Waals surface area contributed by atoms with Crippen LogP contribution in [-0.2, 0) is 4.79 Å². The summed E-state index contributed by atoms with van der Waals surface area (Å²) in [7, 11) is 0. The molecule has 0 atom stereocenters. The van der Waals surface area contributed by atoms with E-state index in [2.05, 4.69) is 26.6 Å². The van der Waals surface area contributed by atoms with Crippen molar-refractivity contribution < 1.29 is 4.79 Å². The first kappa shape index (κ1) is 16.1. The van der Waals surface area contributed by atoms with Crippen LogP contribution < -0.4 is 10.6 Å². The molecule has 0 saturated carbocycles. The number of carbonyl (C=O) groups is 1. The van der Waals surface area contributed by atoms with Crippen molar-refractivity contribution >= 4 is 33.2 Å². The number of anilines is 2. The monoisotopic (exact) mass is 357 g/mol. The molecular weight excluding hydrogens is 342 g/mol. The van der Waals surface area contributed by atoms with Crippen LogP contribution >= 0.6 is 15.9 Å². The maximum absolute atomic E-state index is 11.9. The fourth-order valence-corrected chi connectivity index (χ4v) is 2.17. The van der Waals surface area contributed by atoms with Gasteiger partial charge in [0.15, 0.2) is 0 Å². The van der Waals surface area contributed by atoms with Crippen molar-refractivity contribution in [1.29, 1.82) is 5.26 Å². The topological polar surface area (TPSA) is 64.9 Å². The Morgan fingerprint density at radius 1 is 1.18 bits per heavy atom. The lowest BCUT2D eigenvalue weighted by Crippen LogP contribution is -2.16. The van der Waals surface area contributed by atoms with Crippen LogP contribution in [0.5, 0.6) is 0 Å². The maximum Gasteiger partial charge on any atom is 0.226 e. The zero-order chi connectivity index (χ0) is 15.9. The molecule has 0 heterocycles. The van der Waals surface area contributed by atoms with Crippen molar-refractivity contribution in [1.82, 2.24) is 0 Å². The number of amides is 1. The average Bonchev–Trinajstić information content (AvgIpc) is 2.51. The molecule has 1 amide bonds. The molecule has 0 unspecified atom stereocenters. The van der Waals surface area contributed by atoms with Crippen LogP contribution in [0.25, 0.3) is 0 Å². The number of benzene rings is 2. The van der Waals surface area contributed by atoms with Crippen molar-refractivity contribution in [2.24, 2.45) is 0 Å². The number of rotatable bonds is 5. The van der Waals surface area contributed by atoms with Crippen LogP contribution in [-0.4, -0.2) is 12.5 Å². The minimum atomic E-state index is -0.0639. The molecule has 0 bridgehead atoms. The van der Waals surface area contributed by atoms with E-state index in [1.807, 2.05) is 31.2 Å². The molecule has 2 rings (SSSR count). The maximum atomic E-state index is 11.9. The summed E-state index contributed by atoms with van der Waals surface area (Å²) in [5.74, 6) is -0.0639. The van der Waals surface area contributed by atoms with Crippen molar-refractivity contribution in [3.05, 3.63) is 58.1 Å². The Balaban J connectivity index is 1.80. The summed E-state index contributed by atoms with van der Waals surface area (Å²) in [5, 5.41) is 14.7. The van der Waals surface area contributed by atoms with Gasteiger partial charge >= 0.3 is 0 Å². The summed E-state index contributed by atoms with van der Waals surface area (Å²) in [6, 6.07) is 14.8. The number of carbonyl (C=O) groups excluding carboxylic acids is 1. The van der Waals surface area contributed by atoms with Crippen molar-refractivity contribution in [3.63, 3.8) is 0 Å². The molecule has 0 aliphatic rings. The molecule has 2 N–H and O–H groups in total. The third-order valence-electron chi connectivity index (χ3n) is 3.14. The number of nitrogens with zero attached hydrogens (tertiary/aromatic N) is 1. The van der Waals surface area contributed by atoms with E-state index in [0.717, 1.165) is 15.7 Å². The summed E-state index contributed by atoms with van der Waals surface area (Å²) in [5.41, 5.74) is 3.41. The van der Waals surface area contributed by atoms with Gasteiger partial charge in [-0.3, -0.25) is 4.79 Å². The van der Waals surface area contributed by atoms with E-state index in [4.69, 9.17) is 5.26 Å². The molecule has 0 aliphatic heterocycles. The summed E-state index contributed by atoms with van der Waals surface area (Å²) in [4.78, 5) is 11.9. The highest BCUT2D eigenvalue weighted by Crippen LogP contribution is 2.19. The SMILES string of the molecule is Cc1cc(NCCC(=O)Nc2ccc(C#N)cc2)ccc1Br. The Morgan fingerprint density at radius 2 is 1.86 bits per heavy atom. The first-order valence-corrected chi connectivity index (χ1v) is 7.68. The van der Waals surface area contributed by atoms with Crippen molar-refractivity contribution in [2.75, 3.05) is 17.2 Å². The van der Waals surface area contributed by atoms with E-state index in [-0.39, 0.29) is 5.91 Å². The van der Waals surface area contributed by atoms with Crippen molar-refractivity contribution in [2.45, 2.75) is 13.3 Å². The lowest BCUT2D eigenvalue weighted by atomic mass is 10.2. The second kappa shape index (κ2) is 7.62. The second-order valence-corrected chi connectivity index (χ2v) is 5.73. The minimum absolute atomic E-state index is 0.0639. The number of halogens is 1. The molecule has 0 spiro atoms. The Labute approximate surface area is 138 Å². The highest BCUT2D eigenvalue weighted by Gasteiger charge is 2.03. The summed E-state index contributed by atoms with van der Waals surface area (Å²) in [6.45, 7) is 2.58. The molecule has 22 heavy (non-hydrogen) atoms. The normalized spacial score (nSPS) is 9.86. The predicted octanol–water partition coefficient (Wildman–Crippen LogP) is 4.07. The van der Waals surface area contributed by atoms with E-state index >= 15 is 0 Å².